The lowest BCUT2D eigenvalue weighted by molar-refractivity contribution is 0.0800. The van der Waals surface area contributed by atoms with Gasteiger partial charge in [0.05, 0.1) is 0 Å². The standard InChI is InChI=1S/C17H15NO2/c19-16-9-7-14(8-10-16)13-3-5-15(6-4-13)17(20)18-11-1-2-12-18/h1-10,19H,11-12H2. The number of nitrogens with zero attached hydrogens (tertiary/aromatic N) is 1. The second-order valence-corrected chi connectivity index (χ2v) is 4.81. The van der Waals surface area contributed by atoms with Crippen molar-refractivity contribution >= 4 is 5.91 Å². The van der Waals surface area contributed by atoms with E-state index in [-0.39, 0.29) is 11.7 Å². The molecule has 2 aromatic carbocycles. The predicted molar refractivity (Wildman–Crippen MR) is 78.6 cm³/mol. The van der Waals surface area contributed by atoms with E-state index in [1.165, 1.54) is 0 Å². The largest absolute Gasteiger partial charge is 0.508 e. The molecule has 0 saturated carbocycles. The molecule has 3 nitrogen and oxygen atoms in total. The zero-order valence-electron chi connectivity index (χ0n) is 11.0. The maximum atomic E-state index is 12.2. The SMILES string of the molecule is O=C(c1ccc(-c2ccc(O)cc2)cc1)N1CC=CC1. The third kappa shape index (κ3) is 2.43. The number of rotatable bonds is 2. The molecule has 1 aliphatic heterocycles. The van der Waals surface area contributed by atoms with Crippen LogP contribution in [-0.4, -0.2) is 29.0 Å². The van der Waals surface area contributed by atoms with Crippen LogP contribution in [0, 0.1) is 0 Å². The molecule has 0 aliphatic carbocycles. The van der Waals surface area contributed by atoms with E-state index in [0.29, 0.717) is 18.7 Å². The molecule has 1 amide bonds. The molecule has 0 atom stereocenters. The number of benzene rings is 2. The average molecular weight is 265 g/mol. The Morgan fingerprint density at radius 3 is 1.90 bits per heavy atom. The van der Waals surface area contributed by atoms with E-state index in [1.807, 2.05) is 48.6 Å². The molecule has 20 heavy (non-hydrogen) atoms. The third-order valence-electron chi connectivity index (χ3n) is 3.44. The fourth-order valence-electron chi connectivity index (χ4n) is 2.29. The Hall–Kier alpha value is -2.55. The van der Waals surface area contributed by atoms with E-state index in [2.05, 4.69) is 0 Å². The van der Waals surface area contributed by atoms with Crippen LogP contribution in [0.1, 0.15) is 10.4 Å². The number of phenols is 1. The summed E-state index contributed by atoms with van der Waals surface area (Å²) in [5.41, 5.74) is 2.75. The summed E-state index contributed by atoms with van der Waals surface area (Å²) in [6.07, 6.45) is 4.01. The lowest BCUT2D eigenvalue weighted by Gasteiger charge is -2.15. The Bertz CT molecular complexity index is 634. The molecule has 0 saturated heterocycles. The number of carbonyl (C=O) groups excluding carboxylic acids is 1. The van der Waals surface area contributed by atoms with Crippen LogP contribution >= 0.6 is 0 Å². The maximum Gasteiger partial charge on any atom is 0.254 e. The van der Waals surface area contributed by atoms with Crippen molar-refractivity contribution in [2.45, 2.75) is 0 Å². The van der Waals surface area contributed by atoms with Crippen molar-refractivity contribution in [3.05, 3.63) is 66.2 Å². The van der Waals surface area contributed by atoms with E-state index in [1.54, 1.807) is 17.0 Å². The third-order valence-corrected chi connectivity index (χ3v) is 3.44. The van der Waals surface area contributed by atoms with Crippen molar-refractivity contribution in [1.29, 1.82) is 0 Å². The van der Waals surface area contributed by atoms with Crippen LogP contribution in [0.3, 0.4) is 0 Å². The van der Waals surface area contributed by atoms with E-state index in [9.17, 15) is 9.90 Å². The average Bonchev–Trinajstić information content (AvgIpc) is 3.02. The minimum absolute atomic E-state index is 0.0623. The summed E-state index contributed by atoms with van der Waals surface area (Å²) in [5, 5.41) is 9.29. The summed E-state index contributed by atoms with van der Waals surface area (Å²) in [6.45, 7) is 1.39. The first kappa shape index (κ1) is 12.5. The number of amides is 1. The highest BCUT2D eigenvalue weighted by atomic mass is 16.3. The molecule has 0 aromatic heterocycles. The van der Waals surface area contributed by atoms with Gasteiger partial charge in [-0.15, -0.1) is 0 Å². The predicted octanol–water partition coefficient (Wildman–Crippen LogP) is 3.07. The second kappa shape index (κ2) is 5.21. The van der Waals surface area contributed by atoms with Gasteiger partial charge < -0.3 is 10.0 Å². The molecule has 3 rings (SSSR count). The first-order valence-corrected chi connectivity index (χ1v) is 6.58. The monoisotopic (exact) mass is 265 g/mol. The summed E-state index contributed by atoms with van der Waals surface area (Å²) >= 11 is 0. The minimum Gasteiger partial charge on any atom is -0.508 e. The van der Waals surface area contributed by atoms with Gasteiger partial charge in [0.1, 0.15) is 5.75 Å². The summed E-state index contributed by atoms with van der Waals surface area (Å²) in [4.78, 5) is 14.0. The number of phenolic OH excluding ortho intramolecular Hbond substituents is 1. The highest BCUT2D eigenvalue weighted by Crippen LogP contribution is 2.22. The normalized spacial score (nSPS) is 13.7. The van der Waals surface area contributed by atoms with Gasteiger partial charge in [-0.1, -0.05) is 36.4 Å². The van der Waals surface area contributed by atoms with Crippen molar-refractivity contribution in [1.82, 2.24) is 4.90 Å². The first-order valence-electron chi connectivity index (χ1n) is 6.58. The van der Waals surface area contributed by atoms with Crippen molar-refractivity contribution in [2.24, 2.45) is 0 Å². The highest BCUT2D eigenvalue weighted by molar-refractivity contribution is 5.95. The van der Waals surface area contributed by atoms with Gasteiger partial charge >= 0.3 is 0 Å². The number of hydrogen-bond acceptors (Lipinski definition) is 2. The Morgan fingerprint density at radius 1 is 0.850 bits per heavy atom. The molecule has 3 heteroatoms. The number of carbonyl (C=O) groups is 1. The summed E-state index contributed by atoms with van der Waals surface area (Å²) in [7, 11) is 0. The molecule has 0 bridgehead atoms. The Labute approximate surface area is 117 Å². The van der Waals surface area contributed by atoms with Crippen LogP contribution in [0.4, 0.5) is 0 Å². The first-order chi connectivity index (χ1) is 9.74. The van der Waals surface area contributed by atoms with Crippen LogP contribution in [0.2, 0.25) is 0 Å². The van der Waals surface area contributed by atoms with Crippen LogP contribution in [-0.2, 0) is 0 Å². The number of aromatic hydroxyl groups is 1. The molecule has 1 N–H and O–H groups in total. The molecule has 0 spiro atoms. The Morgan fingerprint density at radius 2 is 1.35 bits per heavy atom. The summed E-state index contributed by atoms with van der Waals surface area (Å²) in [5.74, 6) is 0.314. The molecule has 2 aromatic rings. The van der Waals surface area contributed by atoms with Gasteiger partial charge in [0, 0.05) is 18.7 Å². The molecule has 0 radical (unpaired) electrons. The van der Waals surface area contributed by atoms with E-state index >= 15 is 0 Å². The van der Waals surface area contributed by atoms with Crippen molar-refractivity contribution in [2.75, 3.05) is 13.1 Å². The topological polar surface area (TPSA) is 40.5 Å². The molecule has 0 unspecified atom stereocenters. The number of hydrogen-bond donors (Lipinski definition) is 1. The molecule has 1 aliphatic rings. The fraction of sp³-hybridized carbons (Fsp3) is 0.118. The van der Waals surface area contributed by atoms with Crippen molar-refractivity contribution in [3.8, 4) is 16.9 Å². The van der Waals surface area contributed by atoms with E-state index < -0.39 is 0 Å². The highest BCUT2D eigenvalue weighted by Gasteiger charge is 2.15. The molecule has 100 valence electrons. The fourth-order valence-corrected chi connectivity index (χ4v) is 2.29. The zero-order chi connectivity index (χ0) is 13.9. The van der Waals surface area contributed by atoms with E-state index in [4.69, 9.17) is 0 Å². The zero-order valence-corrected chi connectivity index (χ0v) is 11.0. The second-order valence-electron chi connectivity index (χ2n) is 4.81. The lowest BCUT2D eigenvalue weighted by Crippen LogP contribution is -2.28. The van der Waals surface area contributed by atoms with Crippen LogP contribution in [0.25, 0.3) is 11.1 Å². The van der Waals surface area contributed by atoms with E-state index in [0.717, 1.165) is 11.1 Å². The van der Waals surface area contributed by atoms with Gasteiger partial charge in [0.2, 0.25) is 0 Å². The molecule has 1 heterocycles. The van der Waals surface area contributed by atoms with Gasteiger partial charge in [-0.2, -0.15) is 0 Å². The molecule has 0 fully saturated rings. The minimum atomic E-state index is 0.0623. The van der Waals surface area contributed by atoms with Crippen LogP contribution in [0.5, 0.6) is 5.75 Å². The van der Waals surface area contributed by atoms with Crippen molar-refractivity contribution in [3.63, 3.8) is 0 Å². The van der Waals surface area contributed by atoms with Crippen LogP contribution < -0.4 is 0 Å². The lowest BCUT2D eigenvalue weighted by atomic mass is 10.0. The van der Waals surface area contributed by atoms with Gasteiger partial charge in [-0.25, -0.2) is 0 Å². The van der Waals surface area contributed by atoms with Crippen molar-refractivity contribution < 1.29 is 9.90 Å². The Kier molecular flexibility index (Phi) is 3.25. The summed E-state index contributed by atoms with van der Waals surface area (Å²) in [6, 6.07) is 14.6. The van der Waals surface area contributed by atoms with Gasteiger partial charge in [0.15, 0.2) is 0 Å². The maximum absolute atomic E-state index is 12.2. The Balaban J connectivity index is 1.80. The quantitative estimate of drug-likeness (QED) is 0.848. The molecular weight excluding hydrogens is 250 g/mol. The summed E-state index contributed by atoms with van der Waals surface area (Å²) < 4.78 is 0. The smallest absolute Gasteiger partial charge is 0.254 e. The van der Waals surface area contributed by atoms with Crippen LogP contribution in [0.15, 0.2) is 60.7 Å². The van der Waals surface area contributed by atoms with Gasteiger partial charge in [0.25, 0.3) is 5.91 Å². The van der Waals surface area contributed by atoms with Gasteiger partial charge in [-0.05, 0) is 35.4 Å². The molecular formula is C17H15NO2. The van der Waals surface area contributed by atoms with Gasteiger partial charge in [-0.3, -0.25) is 4.79 Å².